The normalized spacial score (nSPS) is 9.82. The fourth-order valence-corrected chi connectivity index (χ4v) is 2.04. The lowest BCUT2D eigenvalue weighted by Crippen LogP contribution is -2.39. The highest BCUT2D eigenvalue weighted by Gasteiger charge is 2.16. The maximum Gasteiger partial charge on any atom is 0.338 e. The van der Waals surface area contributed by atoms with Crippen molar-refractivity contribution in [2.75, 3.05) is 34.4 Å². The monoisotopic (exact) mass is 372 g/mol. The summed E-state index contributed by atoms with van der Waals surface area (Å²) in [5.74, 6) is -0.825. The SMILES string of the molecule is CNC(=O)CN(C)C(=O)COC(=O)c1ccc(OC)c(Br)c1. The van der Waals surface area contributed by atoms with Crippen LogP contribution in [0.1, 0.15) is 10.4 Å². The second-order valence-corrected chi connectivity index (χ2v) is 5.20. The van der Waals surface area contributed by atoms with Crippen LogP contribution in [0.3, 0.4) is 0 Å². The van der Waals surface area contributed by atoms with Gasteiger partial charge in [-0.15, -0.1) is 0 Å². The fraction of sp³-hybridized carbons (Fsp3) is 0.357. The van der Waals surface area contributed by atoms with E-state index in [0.717, 1.165) is 0 Å². The van der Waals surface area contributed by atoms with Crippen molar-refractivity contribution >= 4 is 33.7 Å². The highest BCUT2D eigenvalue weighted by atomic mass is 79.9. The molecule has 0 fully saturated rings. The molecule has 0 aliphatic heterocycles. The zero-order valence-corrected chi connectivity index (χ0v) is 14.1. The molecule has 0 spiro atoms. The first-order chi connectivity index (χ1) is 10.4. The summed E-state index contributed by atoms with van der Waals surface area (Å²) in [4.78, 5) is 35.9. The molecule has 0 bridgehead atoms. The van der Waals surface area contributed by atoms with E-state index >= 15 is 0 Å². The van der Waals surface area contributed by atoms with Gasteiger partial charge in [0, 0.05) is 14.1 Å². The molecular weight excluding hydrogens is 356 g/mol. The summed E-state index contributed by atoms with van der Waals surface area (Å²) >= 11 is 3.26. The predicted octanol–water partition coefficient (Wildman–Crippen LogP) is 0.819. The van der Waals surface area contributed by atoms with Crippen LogP contribution < -0.4 is 10.1 Å². The molecule has 1 rings (SSSR count). The first kappa shape index (κ1) is 18.0. The van der Waals surface area contributed by atoms with Gasteiger partial charge in [-0.3, -0.25) is 9.59 Å². The standard InChI is InChI=1S/C14H17BrN2O5/c1-16-12(18)7-17(2)13(19)8-22-14(20)9-4-5-11(21-3)10(15)6-9/h4-6H,7-8H2,1-3H3,(H,16,18). The Bertz CT molecular complexity index is 576. The maximum atomic E-state index is 11.9. The predicted molar refractivity (Wildman–Crippen MR) is 82.7 cm³/mol. The molecule has 7 nitrogen and oxygen atoms in total. The molecular formula is C14H17BrN2O5. The summed E-state index contributed by atoms with van der Waals surface area (Å²) in [5, 5.41) is 2.40. The van der Waals surface area contributed by atoms with Gasteiger partial charge in [0.05, 0.1) is 23.7 Å². The van der Waals surface area contributed by atoms with Crippen molar-refractivity contribution in [3.05, 3.63) is 28.2 Å². The molecule has 0 saturated carbocycles. The molecule has 0 unspecified atom stereocenters. The van der Waals surface area contributed by atoms with E-state index in [2.05, 4.69) is 21.2 Å². The second-order valence-electron chi connectivity index (χ2n) is 4.35. The van der Waals surface area contributed by atoms with Crippen LogP contribution in [0.4, 0.5) is 0 Å². The molecule has 0 heterocycles. The van der Waals surface area contributed by atoms with Gasteiger partial charge in [0.15, 0.2) is 6.61 Å². The number of rotatable bonds is 6. The zero-order valence-electron chi connectivity index (χ0n) is 12.5. The first-order valence-corrected chi connectivity index (χ1v) is 7.13. The number of halogens is 1. The van der Waals surface area contributed by atoms with Crippen molar-refractivity contribution in [2.24, 2.45) is 0 Å². The lowest BCUT2D eigenvalue weighted by atomic mass is 10.2. The Balaban J connectivity index is 2.57. The third-order valence-electron chi connectivity index (χ3n) is 2.80. The second kappa shape index (κ2) is 8.38. The number of likely N-dealkylation sites (N-methyl/N-ethyl adjacent to an activating group) is 2. The minimum absolute atomic E-state index is 0.0963. The molecule has 1 aromatic carbocycles. The minimum Gasteiger partial charge on any atom is -0.496 e. The van der Waals surface area contributed by atoms with Crippen LogP contribution >= 0.6 is 15.9 Å². The van der Waals surface area contributed by atoms with Crippen LogP contribution in [0.25, 0.3) is 0 Å². The number of esters is 1. The molecule has 120 valence electrons. The Labute approximate surface area is 136 Å². The van der Waals surface area contributed by atoms with Crippen molar-refractivity contribution in [1.29, 1.82) is 0 Å². The van der Waals surface area contributed by atoms with E-state index in [4.69, 9.17) is 9.47 Å². The van der Waals surface area contributed by atoms with Gasteiger partial charge >= 0.3 is 5.97 Å². The smallest absolute Gasteiger partial charge is 0.338 e. The molecule has 0 aliphatic carbocycles. The fourth-order valence-electron chi connectivity index (χ4n) is 1.50. The molecule has 0 saturated heterocycles. The number of nitrogens with zero attached hydrogens (tertiary/aromatic N) is 1. The third kappa shape index (κ3) is 5.03. The van der Waals surface area contributed by atoms with E-state index in [0.29, 0.717) is 10.2 Å². The van der Waals surface area contributed by atoms with Gasteiger partial charge < -0.3 is 19.7 Å². The minimum atomic E-state index is -0.634. The van der Waals surface area contributed by atoms with Crippen molar-refractivity contribution in [3.63, 3.8) is 0 Å². The largest absolute Gasteiger partial charge is 0.496 e. The molecule has 2 amide bonds. The van der Waals surface area contributed by atoms with E-state index < -0.39 is 18.5 Å². The average Bonchev–Trinajstić information content (AvgIpc) is 2.51. The van der Waals surface area contributed by atoms with Gasteiger partial charge in [-0.25, -0.2) is 4.79 Å². The van der Waals surface area contributed by atoms with Gasteiger partial charge in [-0.1, -0.05) is 0 Å². The van der Waals surface area contributed by atoms with Crippen molar-refractivity contribution < 1.29 is 23.9 Å². The summed E-state index contributed by atoms with van der Waals surface area (Å²) in [6.07, 6.45) is 0. The zero-order chi connectivity index (χ0) is 16.7. The van der Waals surface area contributed by atoms with Crippen molar-refractivity contribution in [2.45, 2.75) is 0 Å². The molecule has 0 aromatic heterocycles. The summed E-state index contributed by atoms with van der Waals surface area (Å²) < 4.78 is 10.6. The number of methoxy groups -OCH3 is 1. The van der Waals surface area contributed by atoms with Crippen LogP contribution in [0.15, 0.2) is 22.7 Å². The van der Waals surface area contributed by atoms with Gasteiger partial charge in [-0.2, -0.15) is 0 Å². The summed E-state index contributed by atoms with van der Waals surface area (Å²) in [6.45, 7) is -0.531. The maximum absolute atomic E-state index is 11.9. The van der Waals surface area contributed by atoms with Gasteiger partial charge in [-0.05, 0) is 34.1 Å². The Morgan fingerprint density at radius 3 is 2.55 bits per heavy atom. The Morgan fingerprint density at radius 1 is 1.32 bits per heavy atom. The average molecular weight is 373 g/mol. The van der Waals surface area contributed by atoms with E-state index in [1.54, 1.807) is 12.1 Å². The van der Waals surface area contributed by atoms with Gasteiger partial charge in [0.2, 0.25) is 5.91 Å². The number of nitrogens with one attached hydrogen (secondary N) is 1. The third-order valence-corrected chi connectivity index (χ3v) is 3.42. The lowest BCUT2D eigenvalue weighted by Gasteiger charge is -2.16. The van der Waals surface area contributed by atoms with Crippen LogP contribution in [0.2, 0.25) is 0 Å². The summed E-state index contributed by atoms with van der Waals surface area (Å²) in [7, 11) is 4.44. The molecule has 8 heteroatoms. The number of amides is 2. The molecule has 0 aliphatic rings. The highest BCUT2D eigenvalue weighted by Crippen LogP contribution is 2.25. The number of ether oxygens (including phenoxy) is 2. The summed E-state index contributed by atoms with van der Waals surface area (Å²) in [6, 6.07) is 4.69. The number of carbonyl (C=O) groups is 3. The number of benzene rings is 1. The number of hydrogen-bond acceptors (Lipinski definition) is 5. The number of hydrogen-bond donors (Lipinski definition) is 1. The van der Waals surface area contributed by atoms with E-state index in [1.807, 2.05) is 0 Å². The molecule has 0 atom stereocenters. The topological polar surface area (TPSA) is 84.9 Å². The van der Waals surface area contributed by atoms with Gasteiger partial charge in [0.1, 0.15) is 5.75 Å². The quantitative estimate of drug-likeness (QED) is 0.747. The molecule has 22 heavy (non-hydrogen) atoms. The van der Waals surface area contributed by atoms with Crippen LogP contribution in [-0.2, 0) is 14.3 Å². The van der Waals surface area contributed by atoms with Gasteiger partial charge in [0.25, 0.3) is 5.91 Å². The van der Waals surface area contributed by atoms with E-state index in [-0.39, 0.29) is 18.0 Å². The molecule has 0 radical (unpaired) electrons. The van der Waals surface area contributed by atoms with Crippen LogP contribution in [0.5, 0.6) is 5.75 Å². The summed E-state index contributed by atoms with van der Waals surface area (Å²) in [5.41, 5.74) is 0.287. The van der Waals surface area contributed by atoms with E-state index in [9.17, 15) is 14.4 Å². The molecule has 1 aromatic rings. The highest BCUT2D eigenvalue weighted by molar-refractivity contribution is 9.10. The van der Waals surface area contributed by atoms with Crippen LogP contribution in [0, 0.1) is 0 Å². The van der Waals surface area contributed by atoms with Crippen molar-refractivity contribution in [1.82, 2.24) is 10.2 Å². The first-order valence-electron chi connectivity index (χ1n) is 6.34. The van der Waals surface area contributed by atoms with Crippen molar-refractivity contribution in [3.8, 4) is 5.75 Å². The Hall–Kier alpha value is -2.09. The Kier molecular flexibility index (Phi) is 6.84. The lowest BCUT2D eigenvalue weighted by molar-refractivity contribution is -0.137. The van der Waals surface area contributed by atoms with E-state index in [1.165, 1.54) is 32.2 Å². The molecule has 1 N–H and O–H groups in total. The van der Waals surface area contributed by atoms with Crippen LogP contribution in [-0.4, -0.2) is 57.0 Å². The number of carbonyl (C=O) groups excluding carboxylic acids is 3. The Morgan fingerprint density at radius 2 is 2.00 bits per heavy atom.